The summed E-state index contributed by atoms with van der Waals surface area (Å²) >= 11 is 0. The number of carbonyl (C=O) groups excluding carboxylic acids is 1. The molecule has 0 aliphatic heterocycles. The van der Waals surface area contributed by atoms with E-state index in [4.69, 9.17) is 0 Å². The Morgan fingerprint density at radius 3 is 1.47 bits per heavy atom. The number of unbranched alkanes of at least 4 members (excludes halogenated alkanes) is 8. The molecule has 0 aliphatic rings. The van der Waals surface area contributed by atoms with Gasteiger partial charge in [-0.1, -0.05) is 65.2 Å². The molecule has 0 saturated heterocycles. The monoisotopic (exact) mass is 241 g/mol. The van der Waals surface area contributed by atoms with Gasteiger partial charge in [0.05, 0.1) is 0 Å². The molecule has 17 heavy (non-hydrogen) atoms. The van der Waals surface area contributed by atoms with Crippen molar-refractivity contribution in [3.8, 4) is 0 Å². The summed E-state index contributed by atoms with van der Waals surface area (Å²) in [6.45, 7) is 6.38. The molecule has 0 unspecified atom stereocenters. The molecule has 0 radical (unpaired) electrons. The Morgan fingerprint density at radius 2 is 1.12 bits per heavy atom. The highest BCUT2D eigenvalue weighted by Crippen LogP contribution is 2.06. The molecule has 0 aliphatic carbocycles. The smallest absolute Gasteiger partial charge is 0.209 e. The third kappa shape index (κ3) is 11.7. The van der Waals surface area contributed by atoms with Gasteiger partial charge in [-0.3, -0.25) is 4.79 Å². The van der Waals surface area contributed by atoms with Crippen LogP contribution in [0, 0.1) is 0 Å². The van der Waals surface area contributed by atoms with E-state index in [0.29, 0.717) is 0 Å². The fraction of sp³-hybridized carbons (Fsp3) is 0.933. The van der Waals surface area contributed by atoms with Crippen molar-refractivity contribution in [3.05, 3.63) is 0 Å². The predicted molar refractivity (Wildman–Crippen MR) is 75.2 cm³/mol. The van der Waals surface area contributed by atoms with Crippen LogP contribution in [0.25, 0.3) is 0 Å². The van der Waals surface area contributed by atoms with Gasteiger partial charge in [-0.15, -0.1) is 0 Å². The van der Waals surface area contributed by atoms with Gasteiger partial charge in [0.2, 0.25) is 6.41 Å². The lowest BCUT2D eigenvalue weighted by Gasteiger charge is -2.16. The molecule has 0 saturated carbocycles. The average molecular weight is 241 g/mol. The van der Waals surface area contributed by atoms with E-state index < -0.39 is 0 Å². The van der Waals surface area contributed by atoms with Crippen molar-refractivity contribution < 1.29 is 4.79 Å². The van der Waals surface area contributed by atoms with Crippen molar-refractivity contribution in [2.24, 2.45) is 0 Å². The van der Waals surface area contributed by atoms with Gasteiger partial charge in [0, 0.05) is 13.1 Å². The summed E-state index contributed by atoms with van der Waals surface area (Å²) in [6.07, 6.45) is 13.8. The van der Waals surface area contributed by atoms with Crippen LogP contribution in [0.1, 0.15) is 78.1 Å². The Labute approximate surface area is 108 Å². The molecule has 2 heteroatoms. The van der Waals surface area contributed by atoms with E-state index in [1.165, 1.54) is 64.2 Å². The second-order valence-corrected chi connectivity index (χ2v) is 4.97. The number of rotatable bonds is 13. The van der Waals surface area contributed by atoms with Crippen LogP contribution >= 0.6 is 0 Å². The first kappa shape index (κ1) is 16.5. The van der Waals surface area contributed by atoms with Gasteiger partial charge >= 0.3 is 0 Å². The summed E-state index contributed by atoms with van der Waals surface area (Å²) in [4.78, 5) is 12.8. The molecule has 2 nitrogen and oxygen atoms in total. The normalized spacial score (nSPS) is 10.5. The molecule has 0 heterocycles. The minimum absolute atomic E-state index is 0.959. The maximum Gasteiger partial charge on any atom is 0.209 e. The maximum atomic E-state index is 10.9. The second-order valence-electron chi connectivity index (χ2n) is 4.97. The quantitative estimate of drug-likeness (QED) is 0.346. The van der Waals surface area contributed by atoms with Crippen molar-refractivity contribution in [2.45, 2.75) is 78.1 Å². The Balaban J connectivity index is 3.33. The van der Waals surface area contributed by atoms with Gasteiger partial charge in [0.25, 0.3) is 0 Å². The van der Waals surface area contributed by atoms with E-state index >= 15 is 0 Å². The van der Waals surface area contributed by atoms with Crippen LogP contribution in [0.4, 0.5) is 0 Å². The van der Waals surface area contributed by atoms with Gasteiger partial charge in [-0.2, -0.15) is 0 Å². The van der Waals surface area contributed by atoms with Crippen molar-refractivity contribution in [1.82, 2.24) is 4.90 Å². The third-order valence-electron chi connectivity index (χ3n) is 3.25. The van der Waals surface area contributed by atoms with E-state index in [2.05, 4.69) is 13.8 Å². The second kappa shape index (κ2) is 13.5. The topological polar surface area (TPSA) is 20.3 Å². The summed E-state index contributed by atoms with van der Waals surface area (Å²) in [5, 5.41) is 0. The lowest BCUT2D eigenvalue weighted by Crippen LogP contribution is -2.24. The molecule has 0 spiro atoms. The molecule has 0 N–H and O–H groups in total. The number of amides is 1. The first-order chi connectivity index (χ1) is 8.35. The number of carbonyl (C=O) groups is 1. The van der Waals surface area contributed by atoms with Crippen molar-refractivity contribution >= 4 is 6.41 Å². The number of hydrogen-bond acceptors (Lipinski definition) is 1. The highest BCUT2D eigenvalue weighted by molar-refractivity contribution is 5.46. The number of nitrogens with zero attached hydrogens (tertiary/aromatic N) is 1. The molecule has 1 amide bonds. The zero-order valence-electron chi connectivity index (χ0n) is 11.9. The summed E-state index contributed by atoms with van der Waals surface area (Å²) in [5.74, 6) is 0. The van der Waals surface area contributed by atoms with Crippen LogP contribution in [0.2, 0.25) is 0 Å². The average Bonchev–Trinajstić information content (AvgIpc) is 2.36. The molecule has 0 fully saturated rings. The van der Waals surface area contributed by atoms with E-state index in [9.17, 15) is 4.79 Å². The van der Waals surface area contributed by atoms with Crippen molar-refractivity contribution in [1.29, 1.82) is 0 Å². The van der Waals surface area contributed by atoms with E-state index in [0.717, 1.165) is 19.5 Å². The highest BCUT2D eigenvalue weighted by Gasteiger charge is 2.00. The lowest BCUT2D eigenvalue weighted by molar-refractivity contribution is -0.118. The standard InChI is InChI=1S/C15H31NO/c1-3-5-7-9-11-13-16(15-17)14-12-10-8-6-4-2/h15H,3-14H2,1-2H3. The van der Waals surface area contributed by atoms with Crippen molar-refractivity contribution in [2.75, 3.05) is 13.1 Å². The summed E-state index contributed by atoms with van der Waals surface area (Å²) < 4.78 is 0. The Morgan fingerprint density at radius 1 is 0.706 bits per heavy atom. The minimum atomic E-state index is 0.959. The molecule has 0 aromatic rings. The Bertz CT molecular complexity index is 145. The van der Waals surface area contributed by atoms with Crippen molar-refractivity contribution in [3.63, 3.8) is 0 Å². The molecule has 0 rings (SSSR count). The van der Waals surface area contributed by atoms with Crippen LogP contribution in [-0.2, 0) is 4.79 Å². The molecule has 0 aromatic carbocycles. The molecular formula is C15H31NO. The number of hydrogen-bond donors (Lipinski definition) is 0. The third-order valence-corrected chi connectivity index (χ3v) is 3.25. The SMILES string of the molecule is CCCCCCCN(C=O)CCCCCCC. The molecule has 102 valence electrons. The fourth-order valence-electron chi connectivity index (χ4n) is 2.05. The summed E-state index contributed by atoms with van der Waals surface area (Å²) in [5.41, 5.74) is 0. The van der Waals surface area contributed by atoms with Crippen LogP contribution < -0.4 is 0 Å². The van der Waals surface area contributed by atoms with Crippen LogP contribution in [0.15, 0.2) is 0 Å². The zero-order valence-corrected chi connectivity index (χ0v) is 11.9. The maximum absolute atomic E-state index is 10.9. The minimum Gasteiger partial charge on any atom is -0.345 e. The van der Waals surface area contributed by atoms with Gasteiger partial charge in [-0.05, 0) is 12.8 Å². The highest BCUT2D eigenvalue weighted by atomic mass is 16.1. The van der Waals surface area contributed by atoms with Crippen LogP contribution in [-0.4, -0.2) is 24.4 Å². The van der Waals surface area contributed by atoms with Gasteiger partial charge in [-0.25, -0.2) is 0 Å². The van der Waals surface area contributed by atoms with E-state index in [1.54, 1.807) is 0 Å². The zero-order chi connectivity index (χ0) is 12.8. The van der Waals surface area contributed by atoms with Gasteiger partial charge in [0.15, 0.2) is 0 Å². The van der Waals surface area contributed by atoms with E-state index in [-0.39, 0.29) is 0 Å². The van der Waals surface area contributed by atoms with Crippen LogP contribution in [0.5, 0.6) is 0 Å². The summed E-state index contributed by atoms with van der Waals surface area (Å²) in [7, 11) is 0. The van der Waals surface area contributed by atoms with Gasteiger partial charge in [0.1, 0.15) is 0 Å². The van der Waals surface area contributed by atoms with Gasteiger partial charge < -0.3 is 4.90 Å². The molecule has 0 atom stereocenters. The first-order valence-electron chi connectivity index (χ1n) is 7.54. The molecule has 0 aromatic heterocycles. The van der Waals surface area contributed by atoms with E-state index in [1.807, 2.05) is 4.90 Å². The fourth-order valence-corrected chi connectivity index (χ4v) is 2.05. The summed E-state index contributed by atoms with van der Waals surface area (Å²) in [6, 6.07) is 0. The Hall–Kier alpha value is -0.530. The predicted octanol–water partition coefficient (Wildman–Crippen LogP) is 4.39. The first-order valence-corrected chi connectivity index (χ1v) is 7.54. The molecular weight excluding hydrogens is 210 g/mol. The lowest BCUT2D eigenvalue weighted by atomic mass is 10.1. The van der Waals surface area contributed by atoms with Crippen LogP contribution in [0.3, 0.4) is 0 Å². The molecule has 0 bridgehead atoms. The Kier molecular flexibility index (Phi) is 13.1. The largest absolute Gasteiger partial charge is 0.345 e.